The first kappa shape index (κ1) is 52.9. The van der Waals surface area contributed by atoms with Crippen LogP contribution in [0.4, 0.5) is 0 Å². The zero-order valence-electron chi connectivity index (χ0n) is 36.6. The van der Waals surface area contributed by atoms with Crippen LogP contribution in [0.2, 0.25) is 0 Å². The molecule has 20 heteroatoms. The van der Waals surface area contributed by atoms with Crippen LogP contribution in [-0.2, 0) is 38.4 Å². The highest BCUT2D eigenvalue weighted by Gasteiger charge is 2.30. The predicted molar refractivity (Wildman–Crippen MR) is 225 cm³/mol. The van der Waals surface area contributed by atoms with E-state index >= 15 is 0 Å². The molecule has 348 valence electrons. The first-order valence-corrected chi connectivity index (χ1v) is 21.7. The van der Waals surface area contributed by atoms with Crippen molar-refractivity contribution < 1.29 is 58.8 Å². The Kier molecular flexibility index (Phi) is 24.6. The number of hydrogen-bond acceptors (Lipinski definition) is 13. The van der Waals surface area contributed by atoms with E-state index in [2.05, 4.69) is 21.3 Å². The molecule has 0 aromatic carbocycles. The molecule has 61 heavy (non-hydrogen) atoms. The van der Waals surface area contributed by atoms with Gasteiger partial charge in [-0.25, -0.2) is 4.79 Å². The third kappa shape index (κ3) is 23.0. The number of nitrogens with one attached hydrogen (secondary N) is 4. The van der Waals surface area contributed by atoms with Crippen molar-refractivity contribution in [2.45, 2.75) is 104 Å². The summed E-state index contributed by atoms with van der Waals surface area (Å²) >= 11 is 0. The molecule has 2 aliphatic rings. The molecule has 1 aliphatic heterocycles. The van der Waals surface area contributed by atoms with Crippen LogP contribution < -0.4 is 21.3 Å². The molecule has 1 saturated heterocycles. The Bertz CT molecular complexity index is 1410. The van der Waals surface area contributed by atoms with Gasteiger partial charge in [-0.3, -0.25) is 53.2 Å². The Hall–Kier alpha value is -4.24. The van der Waals surface area contributed by atoms with Crippen LogP contribution in [0.15, 0.2) is 0 Å². The summed E-state index contributed by atoms with van der Waals surface area (Å²) < 4.78 is 0. The van der Waals surface area contributed by atoms with Crippen molar-refractivity contribution in [3.05, 3.63) is 0 Å². The Labute approximate surface area is 359 Å². The second-order valence-corrected chi connectivity index (χ2v) is 17.0. The molecule has 2 rings (SSSR count). The number of hydrogen-bond donors (Lipinski definition) is 8. The van der Waals surface area contributed by atoms with Gasteiger partial charge in [0.15, 0.2) is 5.78 Å². The first-order chi connectivity index (χ1) is 28.8. The fourth-order valence-electron chi connectivity index (χ4n) is 7.66. The van der Waals surface area contributed by atoms with Crippen molar-refractivity contribution in [1.29, 1.82) is 0 Å². The summed E-state index contributed by atoms with van der Waals surface area (Å²) in [6.07, 6.45) is 4.20. The van der Waals surface area contributed by atoms with Gasteiger partial charge in [-0.05, 0) is 57.3 Å². The molecule has 1 aliphatic carbocycles. The number of carbonyl (C=O) groups excluding carboxylic acids is 4. The highest BCUT2D eigenvalue weighted by molar-refractivity contribution is 5.86. The maximum absolute atomic E-state index is 13.2. The quantitative estimate of drug-likeness (QED) is 0.0543. The number of unbranched alkanes of at least 4 members (excludes halogenated alkanes) is 1. The second kappa shape index (κ2) is 28.4. The fourth-order valence-corrected chi connectivity index (χ4v) is 7.66. The number of Topliss-reactive ketones (excluding diaryl/α,β-unsaturated/α-hetero) is 1. The van der Waals surface area contributed by atoms with E-state index in [-0.39, 0.29) is 113 Å². The number of nitrogens with zero attached hydrogens (tertiary/aromatic N) is 4. The van der Waals surface area contributed by atoms with Gasteiger partial charge < -0.3 is 41.7 Å². The van der Waals surface area contributed by atoms with Crippen LogP contribution in [0.3, 0.4) is 0 Å². The van der Waals surface area contributed by atoms with Gasteiger partial charge in [0.2, 0.25) is 17.7 Å². The summed E-state index contributed by atoms with van der Waals surface area (Å²) in [6.45, 7) is 10.0. The second-order valence-electron chi connectivity index (χ2n) is 17.0. The zero-order valence-corrected chi connectivity index (χ0v) is 36.6. The minimum Gasteiger partial charge on any atom is -0.480 e. The van der Waals surface area contributed by atoms with Crippen LogP contribution in [0.1, 0.15) is 85.5 Å². The Morgan fingerprint density at radius 3 is 1.48 bits per heavy atom. The van der Waals surface area contributed by atoms with Gasteiger partial charge in [0.25, 0.3) is 0 Å². The van der Waals surface area contributed by atoms with E-state index in [4.69, 9.17) is 0 Å². The predicted octanol–water partition coefficient (Wildman–Crippen LogP) is -0.388. The average molecular weight is 869 g/mol. The van der Waals surface area contributed by atoms with E-state index in [1.54, 1.807) is 14.7 Å². The van der Waals surface area contributed by atoms with E-state index in [1.807, 2.05) is 32.6 Å². The van der Waals surface area contributed by atoms with Crippen LogP contribution in [-0.4, -0.2) is 197 Å². The molecule has 0 unspecified atom stereocenters. The van der Waals surface area contributed by atoms with Crippen molar-refractivity contribution in [3.8, 4) is 0 Å². The molecule has 8 N–H and O–H groups in total. The van der Waals surface area contributed by atoms with Crippen molar-refractivity contribution in [3.63, 3.8) is 0 Å². The van der Waals surface area contributed by atoms with E-state index in [1.165, 1.54) is 0 Å². The molecule has 0 aromatic heterocycles. The molecule has 1 heterocycles. The number of amides is 3. The summed E-state index contributed by atoms with van der Waals surface area (Å²) in [6, 6.07) is -1.29. The van der Waals surface area contributed by atoms with E-state index in [9.17, 15) is 58.8 Å². The van der Waals surface area contributed by atoms with Crippen molar-refractivity contribution in [2.75, 3.05) is 91.6 Å². The van der Waals surface area contributed by atoms with Gasteiger partial charge in [0.1, 0.15) is 6.04 Å². The molecular weight excluding hydrogens is 796 g/mol. The van der Waals surface area contributed by atoms with Crippen LogP contribution >= 0.6 is 0 Å². The molecule has 0 radical (unpaired) electrons. The lowest BCUT2D eigenvalue weighted by atomic mass is 9.81. The molecule has 0 bridgehead atoms. The van der Waals surface area contributed by atoms with Crippen LogP contribution in [0.5, 0.6) is 0 Å². The molecule has 0 aromatic rings. The van der Waals surface area contributed by atoms with Crippen molar-refractivity contribution in [1.82, 2.24) is 40.9 Å². The first-order valence-electron chi connectivity index (χ1n) is 21.7. The molecule has 20 nitrogen and oxygen atoms in total. The number of aliphatic carboxylic acids is 4. The lowest BCUT2D eigenvalue weighted by Crippen LogP contribution is -2.50. The molecule has 2 atom stereocenters. The average Bonchev–Trinajstić information content (AvgIpc) is 3.17. The zero-order chi connectivity index (χ0) is 45.5. The number of ketones is 1. The summed E-state index contributed by atoms with van der Waals surface area (Å²) in [5.74, 6) is -5.51. The SMILES string of the molecule is CC(C)N[C@H](CCCCNC(=O)CC[C@H](NC(=O)C1CCC(CNC(=O)CN2CCN(CC(=O)O)CCN(CC(=O)O)CCN(CC(=O)O)CC2)CC1)C(=O)O)C(=O)C(C)C. The third-order valence-corrected chi connectivity index (χ3v) is 11.1. The number of carboxylic acid groups (broad SMARTS) is 4. The summed E-state index contributed by atoms with van der Waals surface area (Å²) in [4.78, 5) is 105. The normalized spacial score (nSPS) is 20.2. The monoisotopic (exact) mass is 869 g/mol. The van der Waals surface area contributed by atoms with E-state index in [0.29, 0.717) is 77.8 Å². The van der Waals surface area contributed by atoms with Gasteiger partial charge in [0, 0.05) is 89.7 Å². The Balaban J connectivity index is 1.81. The summed E-state index contributed by atoms with van der Waals surface area (Å²) in [5.41, 5.74) is 0. The largest absolute Gasteiger partial charge is 0.480 e. The van der Waals surface area contributed by atoms with Gasteiger partial charge >= 0.3 is 23.9 Å². The summed E-state index contributed by atoms with van der Waals surface area (Å²) in [5, 5.41) is 49.7. The molecule has 0 spiro atoms. The lowest BCUT2D eigenvalue weighted by Gasteiger charge is -2.33. The van der Waals surface area contributed by atoms with E-state index in [0.717, 1.165) is 6.42 Å². The third-order valence-electron chi connectivity index (χ3n) is 11.1. The molecule has 2 fully saturated rings. The number of carboxylic acids is 4. The van der Waals surface area contributed by atoms with Crippen LogP contribution in [0, 0.1) is 17.8 Å². The lowest BCUT2D eigenvalue weighted by molar-refractivity contribution is -0.143. The fraction of sp³-hybridized carbons (Fsp3) is 0.805. The highest BCUT2D eigenvalue weighted by atomic mass is 16.4. The molecule has 1 saturated carbocycles. The maximum Gasteiger partial charge on any atom is 0.326 e. The highest BCUT2D eigenvalue weighted by Crippen LogP contribution is 2.28. The standard InChI is InChI=1S/C41H72N8O12/c1-28(2)39(58)32(44-29(3)4)7-5-6-14-42-34(50)13-12-33(41(60)61)45-40(59)31-10-8-30(9-11-31)23-43-35(51)24-46-15-17-47(25-36(52)53)19-21-49(27-38(56)57)22-20-48(18-16-46)26-37(54)55/h28-33,44H,5-27H2,1-4H3,(H,42,50)(H,43,51)(H,45,59)(H,52,53)(H,54,55)(H,56,57)(H,60,61)/t30?,31?,32-,33+/m1/s1. The minimum atomic E-state index is -1.22. The van der Waals surface area contributed by atoms with E-state index < -0.39 is 35.8 Å². The van der Waals surface area contributed by atoms with Gasteiger partial charge in [-0.2, -0.15) is 0 Å². The number of carbonyl (C=O) groups is 8. The van der Waals surface area contributed by atoms with Crippen LogP contribution in [0.25, 0.3) is 0 Å². The Morgan fingerprint density at radius 1 is 0.574 bits per heavy atom. The van der Waals surface area contributed by atoms with Gasteiger partial charge in [0.05, 0.1) is 32.2 Å². The van der Waals surface area contributed by atoms with Crippen molar-refractivity contribution >= 4 is 47.4 Å². The molecular formula is C41H72N8O12. The van der Waals surface area contributed by atoms with Gasteiger partial charge in [-0.15, -0.1) is 0 Å². The Morgan fingerprint density at radius 2 is 1.05 bits per heavy atom. The number of rotatable bonds is 25. The topological polar surface area (TPSA) is 279 Å². The molecule has 3 amide bonds. The summed E-state index contributed by atoms with van der Waals surface area (Å²) in [7, 11) is 0. The smallest absolute Gasteiger partial charge is 0.326 e. The maximum atomic E-state index is 13.2. The van der Waals surface area contributed by atoms with Crippen molar-refractivity contribution in [2.24, 2.45) is 17.8 Å². The van der Waals surface area contributed by atoms with Gasteiger partial charge in [-0.1, -0.05) is 27.7 Å². The minimum absolute atomic E-state index is 0.00348.